The number of aromatic nitrogens is 2. The lowest BCUT2D eigenvalue weighted by Gasteiger charge is -2.09. The zero-order valence-corrected chi connectivity index (χ0v) is 13.2. The van der Waals surface area contributed by atoms with Crippen molar-refractivity contribution in [2.75, 3.05) is 0 Å². The van der Waals surface area contributed by atoms with Crippen molar-refractivity contribution in [3.8, 4) is 0 Å². The van der Waals surface area contributed by atoms with E-state index in [0.29, 0.717) is 15.6 Å². The summed E-state index contributed by atoms with van der Waals surface area (Å²) in [7, 11) is 0. The highest BCUT2D eigenvalue weighted by Crippen LogP contribution is 2.24. The fourth-order valence-electron chi connectivity index (χ4n) is 1.91. The van der Waals surface area contributed by atoms with E-state index in [-0.39, 0.29) is 28.4 Å². The molecule has 0 aliphatic carbocycles. The van der Waals surface area contributed by atoms with E-state index in [4.69, 9.17) is 35.4 Å². The van der Waals surface area contributed by atoms with E-state index in [0.717, 1.165) is 4.57 Å². The number of rotatable bonds is 2. The van der Waals surface area contributed by atoms with Crippen LogP contribution in [0, 0.1) is 10.7 Å². The number of aromatic amines is 1. The fourth-order valence-corrected chi connectivity index (χ4v) is 2.74. The number of hydrogen-bond donors (Lipinski definition) is 1. The lowest BCUT2D eigenvalue weighted by Crippen LogP contribution is -2.29. The van der Waals surface area contributed by atoms with Crippen molar-refractivity contribution in [1.29, 1.82) is 0 Å². The van der Waals surface area contributed by atoms with Crippen molar-refractivity contribution in [1.82, 2.24) is 9.55 Å². The molecule has 4 nitrogen and oxygen atoms in total. The molecule has 106 valence electrons. The molecule has 0 radical (unpaired) electrons. The molecule has 0 aliphatic rings. The first-order valence-electron chi connectivity index (χ1n) is 5.98. The molecular formula is C13H12Cl2N2O2S. The van der Waals surface area contributed by atoms with E-state index >= 15 is 0 Å². The van der Waals surface area contributed by atoms with Crippen LogP contribution in [0.3, 0.4) is 0 Å². The van der Waals surface area contributed by atoms with Crippen molar-refractivity contribution in [2.45, 2.75) is 20.3 Å². The zero-order chi connectivity index (χ0) is 15.0. The molecule has 20 heavy (non-hydrogen) atoms. The monoisotopic (exact) mass is 330 g/mol. The number of fused-ring (bicyclic) bond motifs is 1. The molecule has 2 rings (SSSR count). The Labute approximate surface area is 130 Å². The fraction of sp³-hybridized carbons (Fsp3) is 0.308. The van der Waals surface area contributed by atoms with Crippen LogP contribution in [-0.4, -0.2) is 15.5 Å². The molecule has 0 fully saturated rings. The van der Waals surface area contributed by atoms with Gasteiger partial charge in [0.25, 0.3) is 5.56 Å². The Balaban J connectivity index is 2.79. The van der Waals surface area contributed by atoms with Gasteiger partial charge in [0.15, 0.2) is 4.77 Å². The van der Waals surface area contributed by atoms with E-state index in [1.807, 2.05) is 13.8 Å². The summed E-state index contributed by atoms with van der Waals surface area (Å²) in [5.41, 5.74) is -0.113. The van der Waals surface area contributed by atoms with Gasteiger partial charge in [-0.3, -0.25) is 9.59 Å². The number of carbonyl (C=O) groups is 1. The van der Waals surface area contributed by atoms with Gasteiger partial charge < -0.3 is 4.98 Å². The number of nitrogens with one attached hydrogen (secondary N) is 1. The summed E-state index contributed by atoms with van der Waals surface area (Å²) in [6, 6.07) is 2.98. The average molecular weight is 331 g/mol. The van der Waals surface area contributed by atoms with Crippen LogP contribution in [0.25, 0.3) is 10.9 Å². The Morgan fingerprint density at radius 3 is 2.65 bits per heavy atom. The number of carbonyl (C=O) groups excluding carboxylic acids is 1. The van der Waals surface area contributed by atoms with Gasteiger partial charge in [-0.1, -0.05) is 37.0 Å². The predicted octanol–water partition coefficient (Wildman–Crippen LogP) is 4.05. The highest BCUT2D eigenvalue weighted by atomic mass is 35.5. The molecule has 0 unspecified atom stereocenters. The SMILES string of the molecule is CC(C)CC(=O)n1c(=S)[nH]c2c(Cl)cc(Cl)cc2c1=O. The molecule has 0 saturated carbocycles. The number of halogens is 2. The predicted molar refractivity (Wildman–Crippen MR) is 83.5 cm³/mol. The summed E-state index contributed by atoms with van der Waals surface area (Å²) in [5.74, 6) is -0.216. The maximum atomic E-state index is 12.4. The van der Waals surface area contributed by atoms with Crippen molar-refractivity contribution < 1.29 is 4.79 Å². The van der Waals surface area contributed by atoms with Crippen LogP contribution < -0.4 is 5.56 Å². The Kier molecular flexibility index (Phi) is 4.32. The molecular weight excluding hydrogens is 319 g/mol. The van der Waals surface area contributed by atoms with Crippen LogP contribution in [0.2, 0.25) is 10.0 Å². The highest BCUT2D eigenvalue weighted by molar-refractivity contribution is 7.71. The molecule has 0 spiro atoms. The Hall–Kier alpha value is -1.17. The minimum absolute atomic E-state index is 0.0392. The summed E-state index contributed by atoms with van der Waals surface area (Å²) in [4.78, 5) is 27.4. The summed E-state index contributed by atoms with van der Waals surface area (Å²) in [5, 5.41) is 0.861. The number of H-pyrrole nitrogens is 1. The minimum Gasteiger partial charge on any atom is -0.330 e. The highest BCUT2D eigenvalue weighted by Gasteiger charge is 2.15. The molecule has 1 N–H and O–H groups in total. The molecule has 7 heteroatoms. The molecule has 0 amide bonds. The van der Waals surface area contributed by atoms with Gasteiger partial charge in [0, 0.05) is 11.4 Å². The van der Waals surface area contributed by atoms with E-state index in [1.165, 1.54) is 12.1 Å². The number of nitrogens with zero attached hydrogens (tertiary/aromatic N) is 1. The average Bonchev–Trinajstić information content (AvgIpc) is 2.30. The molecule has 2 aromatic rings. The normalized spacial score (nSPS) is 11.2. The maximum absolute atomic E-state index is 12.4. The summed E-state index contributed by atoms with van der Waals surface area (Å²) < 4.78 is 1.00. The van der Waals surface area contributed by atoms with Gasteiger partial charge in [-0.15, -0.1) is 0 Å². The summed E-state index contributed by atoms with van der Waals surface area (Å²) in [6.07, 6.45) is 0.233. The van der Waals surface area contributed by atoms with Gasteiger partial charge in [0.05, 0.1) is 15.9 Å². The first kappa shape index (κ1) is 15.2. The molecule has 0 bridgehead atoms. The van der Waals surface area contributed by atoms with Gasteiger partial charge >= 0.3 is 0 Å². The first-order valence-corrected chi connectivity index (χ1v) is 7.15. The molecule has 0 atom stereocenters. The van der Waals surface area contributed by atoms with Gasteiger partial charge in [-0.2, -0.15) is 0 Å². The van der Waals surface area contributed by atoms with Gasteiger partial charge in [-0.25, -0.2) is 4.57 Å². The van der Waals surface area contributed by atoms with Crippen LogP contribution in [0.4, 0.5) is 0 Å². The van der Waals surface area contributed by atoms with Crippen LogP contribution in [0.1, 0.15) is 25.1 Å². The van der Waals surface area contributed by atoms with Crippen LogP contribution in [0.15, 0.2) is 16.9 Å². The summed E-state index contributed by atoms with van der Waals surface area (Å²) in [6.45, 7) is 3.79. The Morgan fingerprint density at radius 2 is 2.05 bits per heavy atom. The van der Waals surface area contributed by atoms with Crippen LogP contribution in [-0.2, 0) is 0 Å². The van der Waals surface area contributed by atoms with Crippen molar-refractivity contribution in [3.63, 3.8) is 0 Å². The van der Waals surface area contributed by atoms with Gasteiger partial charge in [0.2, 0.25) is 5.91 Å². The molecule has 0 saturated heterocycles. The van der Waals surface area contributed by atoms with E-state index in [1.54, 1.807) is 0 Å². The van der Waals surface area contributed by atoms with E-state index in [2.05, 4.69) is 4.98 Å². The van der Waals surface area contributed by atoms with E-state index < -0.39 is 5.56 Å². The third-order valence-corrected chi connectivity index (χ3v) is 3.56. The molecule has 0 aliphatic heterocycles. The second kappa shape index (κ2) is 5.68. The first-order chi connectivity index (χ1) is 9.31. The maximum Gasteiger partial charge on any atom is 0.269 e. The molecule has 1 heterocycles. The second-order valence-corrected chi connectivity index (χ2v) is 6.10. The zero-order valence-electron chi connectivity index (χ0n) is 10.9. The van der Waals surface area contributed by atoms with Crippen molar-refractivity contribution in [3.05, 3.63) is 37.3 Å². The van der Waals surface area contributed by atoms with Gasteiger partial charge in [0.1, 0.15) is 0 Å². The van der Waals surface area contributed by atoms with Crippen LogP contribution >= 0.6 is 35.4 Å². The van der Waals surface area contributed by atoms with Crippen LogP contribution in [0.5, 0.6) is 0 Å². The standard InChI is InChI=1S/C13H12Cl2N2O2S/c1-6(2)3-10(18)17-12(19)8-4-7(14)5-9(15)11(8)16-13(17)20/h4-6H,3H2,1-2H3,(H,16,20). The third kappa shape index (κ3) is 2.80. The Morgan fingerprint density at radius 1 is 1.40 bits per heavy atom. The topological polar surface area (TPSA) is 54.9 Å². The van der Waals surface area contributed by atoms with Gasteiger partial charge in [-0.05, 0) is 30.3 Å². The Bertz CT molecular complexity index is 808. The molecule has 1 aromatic carbocycles. The quantitative estimate of drug-likeness (QED) is 0.845. The lowest BCUT2D eigenvalue weighted by molar-refractivity contribution is 0.0880. The third-order valence-electron chi connectivity index (χ3n) is 2.76. The van der Waals surface area contributed by atoms with E-state index in [9.17, 15) is 9.59 Å². The second-order valence-electron chi connectivity index (χ2n) is 4.87. The van der Waals surface area contributed by atoms with Crippen molar-refractivity contribution in [2.24, 2.45) is 5.92 Å². The van der Waals surface area contributed by atoms with Crippen molar-refractivity contribution >= 4 is 52.2 Å². The lowest BCUT2D eigenvalue weighted by atomic mass is 10.1. The number of hydrogen-bond acceptors (Lipinski definition) is 3. The molecule has 1 aromatic heterocycles. The smallest absolute Gasteiger partial charge is 0.269 e. The summed E-state index contributed by atoms with van der Waals surface area (Å²) >= 11 is 17.0. The number of benzene rings is 1. The largest absolute Gasteiger partial charge is 0.330 e. The minimum atomic E-state index is -0.501.